The fourth-order valence-corrected chi connectivity index (χ4v) is 3.89. The number of aromatic nitrogens is 3. The second-order valence-electron chi connectivity index (χ2n) is 6.95. The average Bonchev–Trinajstić information content (AvgIpc) is 3.19. The lowest BCUT2D eigenvalue weighted by atomic mass is 9.89. The number of aromatic amines is 3. The predicted octanol–water partition coefficient (Wildman–Crippen LogP) is 2.60. The quantitative estimate of drug-likeness (QED) is 0.434. The number of anilines is 1. The zero-order valence-electron chi connectivity index (χ0n) is 14.9. The predicted molar refractivity (Wildman–Crippen MR) is 107 cm³/mol. The van der Waals surface area contributed by atoms with Gasteiger partial charge in [-0.15, -0.1) is 0 Å². The van der Waals surface area contributed by atoms with Crippen LogP contribution in [0.3, 0.4) is 0 Å². The third-order valence-corrected chi connectivity index (χ3v) is 5.15. The van der Waals surface area contributed by atoms with E-state index in [9.17, 15) is 14.4 Å². The lowest BCUT2D eigenvalue weighted by Gasteiger charge is -2.11. The largest absolute Gasteiger partial charge is 0.340 e. The zero-order chi connectivity index (χ0) is 19.4. The Morgan fingerprint density at radius 1 is 0.857 bits per heavy atom. The van der Waals surface area contributed by atoms with Gasteiger partial charge in [0.25, 0.3) is 5.56 Å². The summed E-state index contributed by atoms with van der Waals surface area (Å²) in [5.74, 6) is -0.866. The first-order valence-corrected chi connectivity index (χ1v) is 8.88. The van der Waals surface area contributed by atoms with Crippen molar-refractivity contribution < 1.29 is 4.79 Å². The van der Waals surface area contributed by atoms with Gasteiger partial charge in [0.15, 0.2) is 0 Å². The Morgan fingerprint density at radius 3 is 2.39 bits per heavy atom. The van der Waals surface area contributed by atoms with Crippen molar-refractivity contribution in [3.05, 3.63) is 86.1 Å². The molecule has 0 fully saturated rings. The number of H-pyrrole nitrogens is 3. The minimum Gasteiger partial charge on any atom is -0.340 e. The highest BCUT2D eigenvalue weighted by Crippen LogP contribution is 2.43. The van der Waals surface area contributed by atoms with Gasteiger partial charge in [0.05, 0.1) is 17.0 Å². The summed E-state index contributed by atoms with van der Waals surface area (Å²) in [4.78, 5) is 45.4. The number of fused-ring (bicyclic) bond motifs is 2. The molecular formula is C21H16N4O3. The maximum atomic E-state index is 12.9. The third kappa shape index (κ3) is 2.33. The number of amides is 1. The lowest BCUT2D eigenvalue weighted by molar-refractivity contribution is -0.116. The molecule has 4 aromatic rings. The van der Waals surface area contributed by atoms with Gasteiger partial charge in [-0.1, -0.05) is 48.0 Å². The Bertz CT molecular complexity index is 1360. The summed E-state index contributed by atoms with van der Waals surface area (Å²) in [5, 5.41) is 3.17. The molecule has 1 aliphatic heterocycles. The average molecular weight is 372 g/mol. The Labute approximate surface area is 158 Å². The molecule has 5 rings (SSSR count). The van der Waals surface area contributed by atoms with E-state index in [2.05, 4.69) is 20.3 Å². The first kappa shape index (κ1) is 16.3. The van der Waals surface area contributed by atoms with E-state index in [4.69, 9.17) is 0 Å². The fourth-order valence-electron chi connectivity index (χ4n) is 3.89. The molecule has 138 valence electrons. The molecule has 0 saturated heterocycles. The normalized spacial score (nSPS) is 15.6. The van der Waals surface area contributed by atoms with Gasteiger partial charge in [0.2, 0.25) is 5.91 Å². The molecule has 1 amide bonds. The van der Waals surface area contributed by atoms with E-state index >= 15 is 0 Å². The topological polar surface area (TPSA) is 111 Å². The summed E-state index contributed by atoms with van der Waals surface area (Å²) in [6.45, 7) is 1.98. The van der Waals surface area contributed by atoms with Crippen LogP contribution in [-0.4, -0.2) is 20.9 Å². The monoisotopic (exact) mass is 372 g/mol. The maximum absolute atomic E-state index is 12.9. The Balaban J connectivity index is 1.88. The molecule has 3 heterocycles. The summed E-state index contributed by atoms with van der Waals surface area (Å²) in [7, 11) is 0. The minimum atomic E-state index is -0.659. The molecule has 1 atom stereocenters. The van der Waals surface area contributed by atoms with Crippen molar-refractivity contribution in [1.29, 1.82) is 0 Å². The summed E-state index contributed by atoms with van der Waals surface area (Å²) < 4.78 is 0. The summed E-state index contributed by atoms with van der Waals surface area (Å²) >= 11 is 0. The Kier molecular flexibility index (Phi) is 3.39. The molecular weight excluding hydrogens is 356 g/mol. The van der Waals surface area contributed by atoms with Gasteiger partial charge in [-0.3, -0.25) is 19.6 Å². The highest BCUT2D eigenvalue weighted by atomic mass is 16.2. The number of hydrogen-bond acceptors (Lipinski definition) is 3. The standard InChI is InChI=1S/C21H16N4O3/c1-10-6-8-11(9-7-10)17-15(16-18(23-17)24-21(28)25-20(16)27)14-12-4-2-3-5-13(12)22-19(14)26/h2-9,14H,1H3,(H,22,26)(H3,23,24,25,27,28). The summed E-state index contributed by atoms with van der Waals surface area (Å²) in [6.07, 6.45) is 0. The molecule has 0 bridgehead atoms. The van der Waals surface area contributed by atoms with Gasteiger partial charge < -0.3 is 10.3 Å². The van der Waals surface area contributed by atoms with E-state index < -0.39 is 17.2 Å². The highest BCUT2D eigenvalue weighted by Gasteiger charge is 2.36. The van der Waals surface area contributed by atoms with Crippen molar-refractivity contribution in [2.24, 2.45) is 0 Å². The van der Waals surface area contributed by atoms with Crippen LogP contribution in [-0.2, 0) is 4.79 Å². The number of carbonyl (C=O) groups is 1. The second kappa shape index (κ2) is 5.82. The number of carbonyl (C=O) groups excluding carboxylic acids is 1. The van der Waals surface area contributed by atoms with E-state index in [1.54, 1.807) is 0 Å². The van der Waals surface area contributed by atoms with Gasteiger partial charge in [-0.05, 0) is 24.1 Å². The van der Waals surface area contributed by atoms with Gasteiger partial charge >= 0.3 is 5.69 Å². The molecule has 7 nitrogen and oxygen atoms in total. The van der Waals surface area contributed by atoms with Crippen LogP contribution in [0, 0.1) is 6.92 Å². The highest BCUT2D eigenvalue weighted by molar-refractivity contribution is 6.08. The molecule has 0 radical (unpaired) electrons. The van der Waals surface area contributed by atoms with Gasteiger partial charge in [0.1, 0.15) is 5.65 Å². The number of nitrogens with one attached hydrogen (secondary N) is 4. The molecule has 7 heteroatoms. The van der Waals surface area contributed by atoms with Crippen LogP contribution in [0.15, 0.2) is 58.1 Å². The van der Waals surface area contributed by atoms with Crippen LogP contribution in [0.5, 0.6) is 0 Å². The van der Waals surface area contributed by atoms with E-state index in [1.165, 1.54) is 0 Å². The molecule has 1 unspecified atom stereocenters. The minimum absolute atomic E-state index is 0.207. The smallest absolute Gasteiger partial charge is 0.327 e. The second-order valence-corrected chi connectivity index (χ2v) is 6.95. The first-order chi connectivity index (χ1) is 13.5. The van der Waals surface area contributed by atoms with Crippen LogP contribution in [0.4, 0.5) is 5.69 Å². The maximum Gasteiger partial charge on any atom is 0.327 e. The molecule has 1 aliphatic rings. The van der Waals surface area contributed by atoms with Crippen LogP contribution in [0.25, 0.3) is 22.3 Å². The fraction of sp³-hybridized carbons (Fsp3) is 0.0952. The Hall–Kier alpha value is -3.87. The first-order valence-electron chi connectivity index (χ1n) is 8.88. The van der Waals surface area contributed by atoms with Gasteiger partial charge in [-0.25, -0.2) is 4.79 Å². The van der Waals surface area contributed by atoms with Crippen molar-refractivity contribution in [2.75, 3.05) is 5.32 Å². The molecule has 0 saturated carbocycles. The summed E-state index contributed by atoms with van der Waals surface area (Å²) in [6, 6.07) is 15.2. The van der Waals surface area contributed by atoms with Crippen LogP contribution >= 0.6 is 0 Å². The van der Waals surface area contributed by atoms with E-state index in [0.29, 0.717) is 16.9 Å². The molecule has 0 aliphatic carbocycles. The van der Waals surface area contributed by atoms with Crippen molar-refractivity contribution in [3.63, 3.8) is 0 Å². The number of hydrogen-bond donors (Lipinski definition) is 4. The Morgan fingerprint density at radius 2 is 1.61 bits per heavy atom. The lowest BCUT2D eigenvalue weighted by Crippen LogP contribution is -2.23. The number of rotatable bonds is 2. The van der Waals surface area contributed by atoms with Gasteiger partial charge in [-0.2, -0.15) is 0 Å². The van der Waals surface area contributed by atoms with Crippen LogP contribution in [0.2, 0.25) is 0 Å². The number of aryl methyl sites for hydroxylation is 1. The van der Waals surface area contributed by atoms with Crippen LogP contribution < -0.4 is 16.6 Å². The number of para-hydroxylation sites is 1. The molecule has 2 aromatic carbocycles. The van der Waals surface area contributed by atoms with Crippen LogP contribution in [0.1, 0.15) is 22.6 Å². The van der Waals surface area contributed by atoms with E-state index in [1.807, 2.05) is 55.5 Å². The van der Waals surface area contributed by atoms with Crippen molar-refractivity contribution in [3.8, 4) is 11.3 Å². The van der Waals surface area contributed by atoms with Crippen molar-refractivity contribution in [2.45, 2.75) is 12.8 Å². The van der Waals surface area contributed by atoms with Gasteiger partial charge in [0, 0.05) is 11.3 Å². The zero-order valence-corrected chi connectivity index (χ0v) is 14.9. The van der Waals surface area contributed by atoms with E-state index in [0.717, 1.165) is 22.4 Å². The molecule has 28 heavy (non-hydrogen) atoms. The molecule has 4 N–H and O–H groups in total. The van der Waals surface area contributed by atoms with E-state index in [-0.39, 0.29) is 11.3 Å². The molecule has 2 aromatic heterocycles. The van der Waals surface area contributed by atoms with Crippen molar-refractivity contribution in [1.82, 2.24) is 15.0 Å². The third-order valence-electron chi connectivity index (χ3n) is 5.15. The summed E-state index contributed by atoms with van der Waals surface area (Å²) in [5.41, 5.74) is 3.81. The number of benzene rings is 2. The SMILES string of the molecule is Cc1ccc(-c2[nH]c3[nH]c(=O)[nH]c(=O)c3c2C2C(=O)Nc3ccccc32)cc1. The van der Waals surface area contributed by atoms with Crippen molar-refractivity contribution >= 4 is 22.6 Å². The molecule has 0 spiro atoms.